The summed E-state index contributed by atoms with van der Waals surface area (Å²) in [6.07, 6.45) is 1.42. The smallest absolute Gasteiger partial charge is 0.262 e. The molecule has 0 fully saturated rings. The number of thiophene rings is 1. The first kappa shape index (κ1) is 17.6. The molecule has 3 rings (SSSR count). The van der Waals surface area contributed by atoms with Gasteiger partial charge in [-0.1, -0.05) is 37.6 Å². The van der Waals surface area contributed by atoms with Crippen molar-refractivity contribution in [2.45, 2.75) is 26.4 Å². The first-order valence-electron chi connectivity index (χ1n) is 7.93. The van der Waals surface area contributed by atoms with Crippen LogP contribution in [-0.4, -0.2) is 15.5 Å². The van der Waals surface area contributed by atoms with Crippen LogP contribution in [-0.2, 0) is 11.3 Å². The van der Waals surface area contributed by atoms with E-state index in [9.17, 15) is 9.59 Å². The second kappa shape index (κ2) is 7.37. The van der Waals surface area contributed by atoms with Crippen LogP contribution in [0, 0.1) is 5.92 Å². The normalized spacial score (nSPS) is 12.5. The highest BCUT2D eigenvalue weighted by atomic mass is 35.5. The zero-order valence-corrected chi connectivity index (χ0v) is 15.5. The second-order valence-electron chi connectivity index (χ2n) is 6.16. The van der Waals surface area contributed by atoms with Gasteiger partial charge in [-0.25, -0.2) is 4.98 Å². The van der Waals surface area contributed by atoms with Crippen molar-refractivity contribution in [3.8, 4) is 0 Å². The number of hydrogen-bond donors (Lipinski definition) is 1. The zero-order chi connectivity index (χ0) is 18.0. The second-order valence-corrected chi connectivity index (χ2v) is 7.49. The molecule has 7 heteroatoms. The molecule has 1 aromatic carbocycles. The predicted molar refractivity (Wildman–Crippen MR) is 101 cm³/mol. The topological polar surface area (TPSA) is 64.0 Å². The van der Waals surface area contributed by atoms with Crippen molar-refractivity contribution in [3.63, 3.8) is 0 Å². The lowest BCUT2D eigenvalue weighted by Crippen LogP contribution is -2.36. The molecule has 0 aliphatic heterocycles. The van der Waals surface area contributed by atoms with E-state index in [1.54, 1.807) is 18.2 Å². The fraction of sp³-hybridized carbons (Fsp3) is 0.278. The molecule has 3 aromatic rings. The lowest BCUT2D eigenvalue weighted by atomic mass is 9.96. The molecule has 0 saturated heterocycles. The van der Waals surface area contributed by atoms with Crippen LogP contribution in [0.4, 0.5) is 0 Å². The first-order valence-corrected chi connectivity index (χ1v) is 9.19. The SMILES string of the molecule is CC(C)C(NC(=O)Cn1cnc2sccc2c1=O)c1ccc(Cl)cc1. The standard InChI is InChI=1S/C18H18ClN3O2S/c1-11(2)16(12-3-5-13(19)6-4-12)21-15(23)9-22-10-20-17-14(18(22)24)7-8-25-17/h3-8,10-11,16H,9H2,1-2H3,(H,21,23). The van der Waals surface area contributed by atoms with Gasteiger partial charge in [0.1, 0.15) is 11.4 Å². The molecule has 1 N–H and O–H groups in total. The minimum atomic E-state index is -0.230. The van der Waals surface area contributed by atoms with E-state index < -0.39 is 0 Å². The van der Waals surface area contributed by atoms with Gasteiger partial charge in [0.15, 0.2) is 0 Å². The predicted octanol–water partition coefficient (Wildman–Crippen LogP) is 3.62. The van der Waals surface area contributed by atoms with E-state index in [0.717, 1.165) is 5.56 Å². The van der Waals surface area contributed by atoms with Gasteiger partial charge in [0.25, 0.3) is 5.56 Å². The molecule has 1 atom stereocenters. The van der Waals surface area contributed by atoms with E-state index in [0.29, 0.717) is 15.2 Å². The van der Waals surface area contributed by atoms with Gasteiger partial charge >= 0.3 is 0 Å². The number of nitrogens with one attached hydrogen (secondary N) is 1. The van der Waals surface area contributed by atoms with Crippen LogP contribution in [0.5, 0.6) is 0 Å². The Bertz CT molecular complexity index is 947. The van der Waals surface area contributed by atoms with E-state index in [1.165, 1.54) is 22.2 Å². The summed E-state index contributed by atoms with van der Waals surface area (Å²) in [5.41, 5.74) is 0.778. The molecule has 0 spiro atoms. The van der Waals surface area contributed by atoms with Gasteiger partial charge in [-0.05, 0) is 35.1 Å². The highest BCUT2D eigenvalue weighted by Crippen LogP contribution is 2.23. The van der Waals surface area contributed by atoms with Crippen molar-refractivity contribution in [1.82, 2.24) is 14.9 Å². The number of benzene rings is 1. The number of hydrogen-bond acceptors (Lipinski definition) is 4. The number of nitrogens with zero attached hydrogens (tertiary/aromatic N) is 2. The molecule has 1 amide bonds. The largest absolute Gasteiger partial charge is 0.347 e. The van der Waals surface area contributed by atoms with Crippen LogP contribution in [0.2, 0.25) is 5.02 Å². The van der Waals surface area contributed by atoms with E-state index in [1.807, 2.05) is 31.4 Å². The van der Waals surface area contributed by atoms with Gasteiger partial charge in [0.2, 0.25) is 5.91 Å². The summed E-state index contributed by atoms with van der Waals surface area (Å²) in [5.74, 6) is -0.0357. The Morgan fingerprint density at radius 1 is 1.28 bits per heavy atom. The maximum Gasteiger partial charge on any atom is 0.262 e. The van der Waals surface area contributed by atoms with Crippen LogP contribution >= 0.6 is 22.9 Å². The van der Waals surface area contributed by atoms with Gasteiger partial charge < -0.3 is 5.32 Å². The number of carbonyl (C=O) groups is 1. The fourth-order valence-corrected chi connectivity index (χ4v) is 3.53. The van der Waals surface area contributed by atoms with Gasteiger partial charge in [-0.3, -0.25) is 14.2 Å². The monoisotopic (exact) mass is 375 g/mol. The summed E-state index contributed by atoms with van der Waals surface area (Å²) in [5, 5.41) is 6.01. The van der Waals surface area contributed by atoms with Crippen LogP contribution in [0.3, 0.4) is 0 Å². The molecular formula is C18H18ClN3O2S. The molecule has 5 nitrogen and oxygen atoms in total. The van der Waals surface area contributed by atoms with E-state index in [4.69, 9.17) is 11.6 Å². The molecule has 2 heterocycles. The number of fused-ring (bicyclic) bond motifs is 1. The van der Waals surface area contributed by atoms with Gasteiger partial charge in [0.05, 0.1) is 17.8 Å². The maximum atomic E-state index is 12.5. The van der Waals surface area contributed by atoms with Crippen molar-refractivity contribution < 1.29 is 4.79 Å². The zero-order valence-electron chi connectivity index (χ0n) is 13.9. The summed E-state index contributed by atoms with van der Waals surface area (Å²) in [6.45, 7) is 4.00. The van der Waals surface area contributed by atoms with Crippen LogP contribution in [0.25, 0.3) is 10.2 Å². The number of halogens is 1. The summed E-state index contributed by atoms with van der Waals surface area (Å²) >= 11 is 7.34. The van der Waals surface area contributed by atoms with Gasteiger partial charge in [-0.2, -0.15) is 0 Å². The molecule has 2 aromatic heterocycles. The Labute approximate surface area is 154 Å². The lowest BCUT2D eigenvalue weighted by molar-refractivity contribution is -0.122. The van der Waals surface area contributed by atoms with Crippen molar-refractivity contribution >= 4 is 39.1 Å². The summed E-state index contributed by atoms with van der Waals surface area (Å²) in [7, 11) is 0. The average molecular weight is 376 g/mol. The Kier molecular flexibility index (Phi) is 5.20. The Hall–Kier alpha value is -2.18. The number of rotatable bonds is 5. The van der Waals surface area contributed by atoms with Gasteiger partial charge in [0, 0.05) is 5.02 Å². The van der Waals surface area contributed by atoms with Crippen LogP contribution < -0.4 is 10.9 Å². The quantitative estimate of drug-likeness (QED) is 0.740. The molecule has 0 aliphatic rings. The molecule has 0 bridgehead atoms. The van der Waals surface area contributed by atoms with Crippen molar-refractivity contribution in [1.29, 1.82) is 0 Å². The summed E-state index contributed by atoms with van der Waals surface area (Å²) < 4.78 is 1.34. The Morgan fingerprint density at radius 3 is 2.68 bits per heavy atom. The molecule has 0 radical (unpaired) electrons. The number of aromatic nitrogens is 2. The third kappa shape index (κ3) is 3.91. The van der Waals surface area contributed by atoms with E-state index in [-0.39, 0.29) is 30.0 Å². The van der Waals surface area contributed by atoms with E-state index >= 15 is 0 Å². The molecule has 0 aliphatic carbocycles. The molecule has 1 unspecified atom stereocenters. The minimum absolute atomic E-state index is 0.0611. The third-order valence-electron chi connectivity index (χ3n) is 3.98. The highest BCUT2D eigenvalue weighted by Gasteiger charge is 2.19. The number of carbonyl (C=O) groups excluding carboxylic acids is 1. The summed E-state index contributed by atoms with van der Waals surface area (Å²) in [6, 6.07) is 8.98. The lowest BCUT2D eigenvalue weighted by Gasteiger charge is -2.23. The summed E-state index contributed by atoms with van der Waals surface area (Å²) in [4.78, 5) is 29.8. The average Bonchev–Trinajstić information content (AvgIpc) is 3.05. The number of amides is 1. The van der Waals surface area contributed by atoms with Crippen molar-refractivity contribution in [3.05, 3.63) is 63.0 Å². The molecular weight excluding hydrogens is 358 g/mol. The highest BCUT2D eigenvalue weighted by molar-refractivity contribution is 7.16. The minimum Gasteiger partial charge on any atom is -0.347 e. The Morgan fingerprint density at radius 2 is 2.00 bits per heavy atom. The van der Waals surface area contributed by atoms with Crippen LogP contribution in [0.1, 0.15) is 25.5 Å². The Balaban J connectivity index is 1.78. The third-order valence-corrected chi connectivity index (χ3v) is 5.05. The maximum absolute atomic E-state index is 12.5. The van der Waals surface area contributed by atoms with Crippen molar-refractivity contribution in [2.24, 2.45) is 5.92 Å². The van der Waals surface area contributed by atoms with E-state index in [2.05, 4.69) is 10.3 Å². The first-order chi connectivity index (χ1) is 12.0. The molecule has 0 saturated carbocycles. The molecule has 130 valence electrons. The molecule has 25 heavy (non-hydrogen) atoms. The van der Waals surface area contributed by atoms with Crippen LogP contribution in [0.15, 0.2) is 46.8 Å². The fourth-order valence-electron chi connectivity index (χ4n) is 2.68. The van der Waals surface area contributed by atoms with Crippen molar-refractivity contribution in [2.75, 3.05) is 0 Å². The van der Waals surface area contributed by atoms with Gasteiger partial charge in [-0.15, -0.1) is 11.3 Å².